The predicted octanol–water partition coefficient (Wildman–Crippen LogP) is 13.2. The highest BCUT2D eigenvalue weighted by atomic mass is 16.5. The Morgan fingerprint density at radius 3 is 1.30 bits per heavy atom. The monoisotopic (exact) mass is 672 g/mol. The van der Waals surface area contributed by atoms with Crippen molar-refractivity contribution in [1.82, 2.24) is 0 Å². The molecule has 4 heteroatoms. The minimum Gasteiger partial charge on any atom is -0.457 e. The number of ether oxygens (including phenoxy) is 2. The summed E-state index contributed by atoms with van der Waals surface area (Å²) in [6.07, 6.45) is 23.6. The summed E-state index contributed by atoms with van der Waals surface area (Å²) in [5.74, 6) is 5.99. The first-order valence-corrected chi connectivity index (χ1v) is 19.8. The van der Waals surface area contributed by atoms with Crippen molar-refractivity contribution >= 4 is 11.4 Å². The first-order chi connectivity index (χ1) is 24.5. The Kier molecular flexibility index (Phi) is 12.8. The number of nitrogens with two attached hydrogens (primary N) is 2. The first kappa shape index (κ1) is 35.9. The van der Waals surface area contributed by atoms with E-state index in [9.17, 15) is 0 Å². The van der Waals surface area contributed by atoms with Crippen LogP contribution in [0.5, 0.6) is 23.0 Å². The molecule has 4 aromatic rings. The second kappa shape index (κ2) is 17.8. The van der Waals surface area contributed by atoms with Gasteiger partial charge in [0.1, 0.15) is 23.0 Å². The lowest BCUT2D eigenvalue weighted by Gasteiger charge is -2.44. The normalized spacial score (nSPS) is 19.2. The summed E-state index contributed by atoms with van der Waals surface area (Å²) in [6, 6.07) is 32.9. The highest BCUT2D eigenvalue weighted by molar-refractivity contribution is 5.47. The van der Waals surface area contributed by atoms with Gasteiger partial charge in [-0.1, -0.05) is 102 Å². The van der Waals surface area contributed by atoms with E-state index in [0.717, 1.165) is 52.1 Å². The molecule has 2 aliphatic rings. The van der Waals surface area contributed by atoms with Gasteiger partial charge in [0.05, 0.1) is 0 Å². The van der Waals surface area contributed by atoms with Gasteiger partial charge in [0.25, 0.3) is 0 Å². The summed E-state index contributed by atoms with van der Waals surface area (Å²) >= 11 is 0. The number of hydrogen-bond donors (Lipinski definition) is 2. The van der Waals surface area contributed by atoms with Crippen molar-refractivity contribution in [3.05, 3.63) is 108 Å². The van der Waals surface area contributed by atoms with Crippen LogP contribution in [0.15, 0.2) is 97.1 Å². The molecule has 0 atom stereocenters. The van der Waals surface area contributed by atoms with Gasteiger partial charge >= 0.3 is 0 Å². The third kappa shape index (κ3) is 9.65. The van der Waals surface area contributed by atoms with Crippen LogP contribution in [0.4, 0.5) is 11.4 Å². The van der Waals surface area contributed by atoms with Gasteiger partial charge in [-0.3, -0.25) is 0 Å². The lowest BCUT2D eigenvalue weighted by molar-refractivity contribution is 0.140. The van der Waals surface area contributed by atoms with Crippen molar-refractivity contribution in [2.24, 2.45) is 17.8 Å². The molecule has 2 aliphatic carbocycles. The number of hydrogen-bond acceptors (Lipinski definition) is 4. The lowest BCUT2D eigenvalue weighted by Crippen LogP contribution is -2.35. The van der Waals surface area contributed by atoms with Crippen molar-refractivity contribution in [3.63, 3.8) is 0 Å². The molecule has 0 aromatic heterocycles. The maximum Gasteiger partial charge on any atom is 0.127 e. The summed E-state index contributed by atoms with van der Waals surface area (Å²) in [6.45, 7) is 2.30. The standard InChI is InChI=1S/C46H60N2O2/c1-2-3-4-5-6-7-8-9-10-35-11-13-36(14-12-35)37-31-33-46(34-32-37,38-15-23-42(24-16-38)49-44-27-19-40(47)20-28-44)39-17-25-43(26-18-39)50-45-29-21-41(48)22-30-45/h15-30,35-37H,2-14,31-34,47-48H2,1H3/t35-,36+. The summed E-state index contributed by atoms with van der Waals surface area (Å²) in [7, 11) is 0. The van der Waals surface area contributed by atoms with Gasteiger partial charge in [-0.05, 0) is 140 Å². The molecule has 4 aromatic carbocycles. The molecule has 4 nitrogen and oxygen atoms in total. The van der Waals surface area contributed by atoms with E-state index in [0.29, 0.717) is 0 Å². The molecule has 0 saturated heterocycles. The van der Waals surface area contributed by atoms with Crippen LogP contribution < -0.4 is 20.9 Å². The summed E-state index contributed by atoms with van der Waals surface area (Å²) in [5, 5.41) is 0. The van der Waals surface area contributed by atoms with Gasteiger partial charge in [-0.2, -0.15) is 0 Å². The van der Waals surface area contributed by atoms with E-state index in [1.165, 1.54) is 120 Å². The van der Waals surface area contributed by atoms with Crippen LogP contribution in [0.1, 0.15) is 127 Å². The number of nitrogen functional groups attached to an aromatic ring is 2. The highest BCUT2D eigenvalue weighted by Gasteiger charge is 2.41. The minimum absolute atomic E-state index is 0.0241. The molecule has 2 fully saturated rings. The SMILES string of the molecule is CCCCCCCCCC[C@H]1CC[C@@H](C2CCC(c3ccc(Oc4ccc(N)cc4)cc3)(c3ccc(Oc4ccc(N)cc4)cc3)CC2)CC1. The molecular formula is C46H60N2O2. The second-order valence-corrected chi connectivity index (χ2v) is 15.4. The Bertz CT molecular complexity index is 1450. The third-order valence-electron chi connectivity index (χ3n) is 12.0. The minimum atomic E-state index is -0.0241. The van der Waals surface area contributed by atoms with Gasteiger partial charge in [0.15, 0.2) is 0 Å². The van der Waals surface area contributed by atoms with E-state index in [-0.39, 0.29) is 5.41 Å². The smallest absolute Gasteiger partial charge is 0.127 e. The lowest BCUT2D eigenvalue weighted by atomic mass is 9.60. The van der Waals surface area contributed by atoms with E-state index in [2.05, 4.69) is 55.5 Å². The zero-order chi connectivity index (χ0) is 34.6. The molecule has 4 N–H and O–H groups in total. The zero-order valence-corrected chi connectivity index (χ0v) is 30.5. The third-order valence-corrected chi connectivity index (χ3v) is 12.0. The Balaban J connectivity index is 1.08. The van der Waals surface area contributed by atoms with Crippen LogP contribution in [0, 0.1) is 17.8 Å². The van der Waals surface area contributed by atoms with E-state index in [4.69, 9.17) is 20.9 Å². The van der Waals surface area contributed by atoms with Crippen molar-refractivity contribution in [2.45, 2.75) is 121 Å². The predicted molar refractivity (Wildman–Crippen MR) is 210 cm³/mol. The van der Waals surface area contributed by atoms with Crippen LogP contribution in [0.3, 0.4) is 0 Å². The summed E-state index contributed by atoms with van der Waals surface area (Å²) in [4.78, 5) is 0. The molecule has 50 heavy (non-hydrogen) atoms. The average molecular weight is 673 g/mol. The molecule has 0 spiro atoms. The van der Waals surface area contributed by atoms with Crippen molar-refractivity contribution in [3.8, 4) is 23.0 Å². The quantitative estimate of drug-likeness (QED) is 0.0918. The second-order valence-electron chi connectivity index (χ2n) is 15.4. The van der Waals surface area contributed by atoms with Crippen molar-refractivity contribution in [2.75, 3.05) is 11.5 Å². The molecule has 0 radical (unpaired) electrons. The van der Waals surface area contributed by atoms with Crippen LogP contribution in [0.25, 0.3) is 0 Å². The average Bonchev–Trinajstić information content (AvgIpc) is 3.15. The van der Waals surface area contributed by atoms with E-state index in [1.54, 1.807) is 0 Å². The van der Waals surface area contributed by atoms with E-state index in [1.807, 2.05) is 48.5 Å². The molecule has 6 rings (SSSR count). The molecule has 2 saturated carbocycles. The van der Waals surface area contributed by atoms with Crippen molar-refractivity contribution in [1.29, 1.82) is 0 Å². The molecule has 0 heterocycles. The Morgan fingerprint density at radius 2 is 0.860 bits per heavy atom. The van der Waals surface area contributed by atoms with Gasteiger partial charge in [-0.15, -0.1) is 0 Å². The fourth-order valence-corrected chi connectivity index (χ4v) is 8.89. The molecular weight excluding hydrogens is 613 g/mol. The molecule has 0 aliphatic heterocycles. The zero-order valence-electron chi connectivity index (χ0n) is 30.5. The maximum absolute atomic E-state index is 6.17. The maximum atomic E-state index is 6.17. The van der Waals surface area contributed by atoms with E-state index >= 15 is 0 Å². The largest absolute Gasteiger partial charge is 0.457 e. The number of unbranched alkanes of at least 4 members (excludes halogenated alkanes) is 7. The Hall–Kier alpha value is -3.92. The molecule has 266 valence electrons. The van der Waals surface area contributed by atoms with Crippen LogP contribution in [-0.2, 0) is 5.41 Å². The first-order valence-electron chi connectivity index (χ1n) is 19.8. The van der Waals surface area contributed by atoms with Crippen molar-refractivity contribution < 1.29 is 9.47 Å². The fraction of sp³-hybridized carbons (Fsp3) is 0.478. The molecule has 0 unspecified atom stereocenters. The number of rotatable bonds is 16. The summed E-state index contributed by atoms with van der Waals surface area (Å²) in [5.41, 5.74) is 16.0. The van der Waals surface area contributed by atoms with Crippen LogP contribution >= 0.6 is 0 Å². The van der Waals surface area contributed by atoms with E-state index < -0.39 is 0 Å². The van der Waals surface area contributed by atoms with Crippen LogP contribution in [0.2, 0.25) is 0 Å². The topological polar surface area (TPSA) is 70.5 Å². The van der Waals surface area contributed by atoms with Crippen LogP contribution in [-0.4, -0.2) is 0 Å². The van der Waals surface area contributed by atoms with Gasteiger partial charge < -0.3 is 20.9 Å². The van der Waals surface area contributed by atoms with Gasteiger partial charge in [0.2, 0.25) is 0 Å². The van der Waals surface area contributed by atoms with Gasteiger partial charge in [-0.25, -0.2) is 0 Å². The molecule has 0 bridgehead atoms. The number of benzene rings is 4. The summed E-state index contributed by atoms with van der Waals surface area (Å²) < 4.78 is 12.3. The highest BCUT2D eigenvalue weighted by Crippen LogP contribution is 2.51. The molecule has 0 amide bonds. The Labute approximate surface area is 302 Å². The number of anilines is 2. The Morgan fingerprint density at radius 1 is 0.480 bits per heavy atom. The van der Waals surface area contributed by atoms with Gasteiger partial charge in [0, 0.05) is 16.8 Å². The fourth-order valence-electron chi connectivity index (χ4n) is 8.89.